The minimum atomic E-state index is -0.580. The molecule has 2 aromatic carbocycles. The predicted octanol–water partition coefficient (Wildman–Crippen LogP) is 4.76. The Labute approximate surface area is 193 Å². The van der Waals surface area contributed by atoms with E-state index >= 15 is 0 Å². The zero-order valence-corrected chi connectivity index (χ0v) is 19.3. The first-order chi connectivity index (χ1) is 15.7. The van der Waals surface area contributed by atoms with Crippen molar-refractivity contribution in [2.45, 2.75) is 39.3 Å². The van der Waals surface area contributed by atoms with Crippen LogP contribution in [0.3, 0.4) is 0 Å². The van der Waals surface area contributed by atoms with E-state index in [2.05, 4.69) is 10.4 Å². The largest absolute Gasteiger partial charge is 0.457 e. The molecule has 3 aromatic rings. The zero-order valence-electron chi connectivity index (χ0n) is 19.3. The summed E-state index contributed by atoms with van der Waals surface area (Å²) in [5, 5.41) is 7.42. The molecule has 0 unspecified atom stereocenters. The van der Waals surface area contributed by atoms with Gasteiger partial charge in [-0.1, -0.05) is 18.2 Å². The number of ether oxygens (including phenoxy) is 2. The van der Waals surface area contributed by atoms with Gasteiger partial charge in [-0.05, 0) is 57.2 Å². The van der Waals surface area contributed by atoms with E-state index in [9.17, 15) is 9.59 Å². The van der Waals surface area contributed by atoms with Gasteiger partial charge in [0.15, 0.2) is 0 Å². The molecule has 172 valence electrons. The molecule has 4 rings (SSSR count). The predicted molar refractivity (Wildman–Crippen MR) is 124 cm³/mol. The number of anilines is 1. The molecule has 8 heteroatoms. The van der Waals surface area contributed by atoms with E-state index in [1.165, 1.54) is 0 Å². The lowest BCUT2D eigenvalue weighted by atomic mass is 10.1. The first kappa shape index (κ1) is 22.4. The van der Waals surface area contributed by atoms with Crippen molar-refractivity contribution in [1.82, 2.24) is 14.7 Å². The number of rotatable bonds is 4. The summed E-state index contributed by atoms with van der Waals surface area (Å²) in [4.78, 5) is 27.3. The summed E-state index contributed by atoms with van der Waals surface area (Å²) in [6.45, 7) is 6.28. The summed E-state index contributed by atoms with van der Waals surface area (Å²) in [6.07, 6.45) is 0.179. The maximum absolute atomic E-state index is 13.1. The van der Waals surface area contributed by atoms with Gasteiger partial charge < -0.3 is 19.7 Å². The number of hydrogen-bond donors (Lipinski definition) is 1. The molecule has 0 fully saturated rings. The van der Waals surface area contributed by atoms with Crippen molar-refractivity contribution in [2.24, 2.45) is 7.05 Å². The van der Waals surface area contributed by atoms with E-state index in [1.54, 1.807) is 40.9 Å². The van der Waals surface area contributed by atoms with Gasteiger partial charge >= 0.3 is 6.09 Å². The number of nitrogens with zero attached hydrogens (tertiary/aromatic N) is 3. The lowest BCUT2D eigenvalue weighted by Crippen LogP contribution is -2.40. The second-order valence-electron chi connectivity index (χ2n) is 8.94. The molecule has 33 heavy (non-hydrogen) atoms. The minimum absolute atomic E-state index is 0.282. The van der Waals surface area contributed by atoms with Gasteiger partial charge in [-0.15, -0.1) is 0 Å². The number of hydrogen-bond acceptors (Lipinski definition) is 5. The van der Waals surface area contributed by atoms with Crippen molar-refractivity contribution in [3.63, 3.8) is 0 Å². The van der Waals surface area contributed by atoms with Crippen LogP contribution in [0.15, 0.2) is 54.6 Å². The molecule has 1 aromatic heterocycles. The number of benzene rings is 2. The van der Waals surface area contributed by atoms with Gasteiger partial charge in [0.05, 0.1) is 12.2 Å². The topological polar surface area (TPSA) is 85.7 Å². The number of amides is 2. The molecule has 0 atom stereocenters. The van der Waals surface area contributed by atoms with Crippen LogP contribution in [0, 0.1) is 0 Å². The Morgan fingerprint density at radius 2 is 1.67 bits per heavy atom. The molecular weight excluding hydrogens is 420 g/mol. The van der Waals surface area contributed by atoms with Crippen LogP contribution in [0.25, 0.3) is 0 Å². The van der Waals surface area contributed by atoms with Crippen molar-refractivity contribution in [1.29, 1.82) is 0 Å². The van der Waals surface area contributed by atoms with Crippen LogP contribution in [-0.4, -0.2) is 38.8 Å². The SMILES string of the molecule is Cn1nc2c(c1C(=O)Nc1ccc(Oc3ccccc3)cc1)CN(C(=O)OC(C)(C)C)CC2. The number of nitrogens with one attached hydrogen (secondary N) is 1. The van der Waals surface area contributed by atoms with Crippen molar-refractivity contribution >= 4 is 17.7 Å². The Kier molecular flexibility index (Phi) is 6.09. The van der Waals surface area contributed by atoms with E-state index in [1.807, 2.05) is 51.1 Å². The van der Waals surface area contributed by atoms with E-state index in [-0.39, 0.29) is 12.5 Å². The van der Waals surface area contributed by atoms with Crippen molar-refractivity contribution in [3.8, 4) is 11.5 Å². The Morgan fingerprint density at radius 1 is 1.00 bits per heavy atom. The van der Waals surface area contributed by atoms with Crippen LogP contribution in [0.2, 0.25) is 0 Å². The van der Waals surface area contributed by atoms with E-state index in [0.29, 0.717) is 30.1 Å². The molecule has 0 saturated heterocycles. The highest BCUT2D eigenvalue weighted by molar-refractivity contribution is 6.04. The van der Waals surface area contributed by atoms with Gasteiger partial charge in [0.1, 0.15) is 22.8 Å². The fourth-order valence-electron chi connectivity index (χ4n) is 3.69. The summed E-state index contributed by atoms with van der Waals surface area (Å²) >= 11 is 0. The normalized spacial score (nSPS) is 13.3. The van der Waals surface area contributed by atoms with Crippen LogP contribution in [-0.2, 0) is 24.8 Å². The molecule has 0 radical (unpaired) electrons. The Balaban J connectivity index is 1.46. The molecular formula is C25H28N4O4. The number of para-hydroxylation sites is 1. The Morgan fingerprint density at radius 3 is 2.33 bits per heavy atom. The first-order valence-electron chi connectivity index (χ1n) is 10.9. The van der Waals surface area contributed by atoms with Crippen molar-refractivity contribution in [3.05, 3.63) is 71.5 Å². The first-order valence-corrected chi connectivity index (χ1v) is 10.9. The maximum Gasteiger partial charge on any atom is 0.410 e. The van der Waals surface area contributed by atoms with Crippen LogP contribution < -0.4 is 10.1 Å². The van der Waals surface area contributed by atoms with Crippen LogP contribution in [0.5, 0.6) is 11.5 Å². The molecule has 0 aliphatic carbocycles. The highest BCUT2D eigenvalue weighted by Gasteiger charge is 2.31. The van der Waals surface area contributed by atoms with Gasteiger partial charge in [-0.3, -0.25) is 9.48 Å². The minimum Gasteiger partial charge on any atom is -0.457 e. The summed E-state index contributed by atoms with van der Waals surface area (Å²) in [5.74, 6) is 1.13. The molecule has 1 N–H and O–H groups in total. The molecule has 0 spiro atoms. The lowest BCUT2D eigenvalue weighted by Gasteiger charge is -2.29. The van der Waals surface area contributed by atoms with E-state index in [4.69, 9.17) is 9.47 Å². The Hall–Kier alpha value is -3.81. The Bertz CT molecular complexity index is 1150. The smallest absolute Gasteiger partial charge is 0.410 e. The second kappa shape index (κ2) is 8.97. The van der Waals surface area contributed by atoms with Gasteiger partial charge in [-0.25, -0.2) is 4.79 Å². The monoisotopic (exact) mass is 448 g/mol. The fraction of sp³-hybridized carbons (Fsp3) is 0.320. The van der Waals surface area contributed by atoms with Gasteiger partial charge in [0, 0.05) is 31.3 Å². The number of carbonyl (C=O) groups is 2. The van der Waals surface area contributed by atoms with Gasteiger partial charge in [-0.2, -0.15) is 5.10 Å². The molecule has 2 amide bonds. The number of fused-ring (bicyclic) bond motifs is 1. The van der Waals surface area contributed by atoms with Crippen LogP contribution >= 0.6 is 0 Å². The highest BCUT2D eigenvalue weighted by Crippen LogP contribution is 2.26. The van der Waals surface area contributed by atoms with Crippen molar-refractivity contribution in [2.75, 3.05) is 11.9 Å². The lowest BCUT2D eigenvalue weighted by molar-refractivity contribution is 0.0222. The van der Waals surface area contributed by atoms with Crippen molar-refractivity contribution < 1.29 is 19.1 Å². The quantitative estimate of drug-likeness (QED) is 0.622. The van der Waals surface area contributed by atoms with Gasteiger partial charge in [0.25, 0.3) is 5.91 Å². The maximum atomic E-state index is 13.1. The van der Waals surface area contributed by atoms with E-state index in [0.717, 1.165) is 17.0 Å². The third kappa shape index (κ3) is 5.34. The average molecular weight is 449 g/mol. The molecule has 1 aliphatic rings. The summed E-state index contributed by atoms with van der Waals surface area (Å²) in [7, 11) is 1.74. The molecule has 8 nitrogen and oxygen atoms in total. The third-order valence-electron chi connectivity index (χ3n) is 5.15. The molecule has 1 aliphatic heterocycles. The summed E-state index contributed by atoms with van der Waals surface area (Å²) < 4.78 is 12.9. The fourth-order valence-corrected chi connectivity index (χ4v) is 3.69. The van der Waals surface area contributed by atoms with Gasteiger partial charge in [0.2, 0.25) is 0 Å². The van der Waals surface area contributed by atoms with Crippen LogP contribution in [0.1, 0.15) is 42.5 Å². The standard InChI is InChI=1S/C25H28N4O4/c1-25(2,3)33-24(31)29-15-14-21-20(16-29)22(28(4)27-21)23(30)26-17-10-12-19(13-11-17)32-18-8-6-5-7-9-18/h5-13H,14-16H2,1-4H3,(H,26,30). The van der Waals surface area contributed by atoms with E-state index < -0.39 is 11.7 Å². The zero-order chi connectivity index (χ0) is 23.6. The van der Waals surface area contributed by atoms with Crippen LogP contribution in [0.4, 0.5) is 10.5 Å². The number of carbonyl (C=O) groups excluding carboxylic acids is 2. The molecule has 2 heterocycles. The average Bonchev–Trinajstić information content (AvgIpc) is 3.09. The molecule has 0 saturated carbocycles. The number of aromatic nitrogens is 2. The third-order valence-corrected chi connectivity index (χ3v) is 5.15. The number of aryl methyl sites for hydroxylation is 1. The molecule has 0 bridgehead atoms. The summed E-state index contributed by atoms with van der Waals surface area (Å²) in [5.41, 5.74) is 2.06. The summed E-state index contributed by atoms with van der Waals surface area (Å²) in [6, 6.07) is 16.7. The second-order valence-corrected chi connectivity index (χ2v) is 8.94. The highest BCUT2D eigenvalue weighted by atomic mass is 16.6.